The Morgan fingerprint density at radius 3 is 1.42 bits per heavy atom. The number of ketones is 2. The lowest BCUT2D eigenvalue weighted by Crippen LogP contribution is -2.36. The summed E-state index contributed by atoms with van der Waals surface area (Å²) in [5.41, 5.74) is 10.5. The van der Waals surface area contributed by atoms with Crippen LogP contribution in [0.5, 0.6) is 0 Å². The van der Waals surface area contributed by atoms with Crippen LogP contribution in [0.25, 0.3) is 21.5 Å². The molecule has 0 radical (unpaired) electrons. The first-order chi connectivity index (χ1) is 32.7. The van der Waals surface area contributed by atoms with Crippen molar-refractivity contribution in [1.82, 2.24) is 15.3 Å². The molecule has 1 amide bonds. The van der Waals surface area contributed by atoms with Crippen molar-refractivity contribution in [2.75, 3.05) is 18.4 Å². The predicted molar refractivity (Wildman–Crippen MR) is 275 cm³/mol. The summed E-state index contributed by atoms with van der Waals surface area (Å²) in [6, 6.07) is 30.6. The Balaban J connectivity index is 0.000000347. The number of halogens is 2. The number of rotatable bonds is 19. The van der Waals surface area contributed by atoms with Crippen molar-refractivity contribution >= 4 is 74.3 Å². The maximum absolute atomic E-state index is 13.4. The molecule has 0 fully saturated rings. The summed E-state index contributed by atoms with van der Waals surface area (Å²) >= 11 is 9.53. The minimum absolute atomic E-state index is 0. The summed E-state index contributed by atoms with van der Waals surface area (Å²) < 4.78 is 15.8. The molecular weight excluding hydrogens is 916 g/mol. The Morgan fingerprint density at radius 1 is 0.609 bits per heavy atom. The number of esters is 2. The molecule has 2 atom stereocenters. The number of hydrogen-bond donors (Lipinski definition) is 2. The van der Waals surface area contributed by atoms with Gasteiger partial charge in [0, 0.05) is 74.3 Å². The Hall–Kier alpha value is -6.21. The van der Waals surface area contributed by atoms with E-state index in [1.807, 2.05) is 117 Å². The van der Waals surface area contributed by atoms with Crippen LogP contribution in [0.4, 0.5) is 4.79 Å². The molecule has 4 aromatic carbocycles. The number of nitrogens with two attached hydrogens (primary N) is 1. The highest BCUT2D eigenvalue weighted by Gasteiger charge is 2.24. The largest absolute Gasteiger partial charge is 0.461 e. The van der Waals surface area contributed by atoms with Crippen molar-refractivity contribution in [2.45, 2.75) is 111 Å². The van der Waals surface area contributed by atoms with Crippen LogP contribution in [-0.2, 0) is 59.4 Å². The number of nitrogens with one attached hydrogen (secondary N) is 1. The molecule has 0 spiro atoms. The van der Waals surface area contributed by atoms with Gasteiger partial charge in [-0.1, -0.05) is 106 Å². The molecule has 2 heterocycles. The third kappa shape index (κ3) is 19.7. The van der Waals surface area contributed by atoms with Crippen molar-refractivity contribution < 1.29 is 38.2 Å². The minimum atomic E-state index is -0.638. The number of alkyl halides is 2. The summed E-state index contributed by atoms with van der Waals surface area (Å²) in [5.74, 6) is -1.30. The number of carbonyl (C=O) groups is 5. The fourth-order valence-corrected chi connectivity index (χ4v) is 7.08. The van der Waals surface area contributed by atoms with Gasteiger partial charge in [-0.3, -0.25) is 29.1 Å². The van der Waals surface area contributed by atoms with E-state index in [0.29, 0.717) is 19.3 Å². The lowest BCUT2D eigenvalue weighted by Gasteiger charge is -2.22. The molecule has 69 heavy (non-hydrogen) atoms. The molecule has 12 nitrogen and oxygen atoms in total. The van der Waals surface area contributed by atoms with E-state index in [0.717, 1.165) is 67.8 Å². The number of pyridine rings is 2. The zero-order valence-electron chi connectivity index (χ0n) is 39.5. The van der Waals surface area contributed by atoms with Crippen LogP contribution in [0.3, 0.4) is 0 Å². The predicted octanol–water partition coefficient (Wildman–Crippen LogP) is 11.5. The van der Waals surface area contributed by atoms with Crippen molar-refractivity contribution in [3.8, 4) is 0 Å². The Morgan fingerprint density at radius 2 is 1.01 bits per heavy atom. The number of fused-ring (bicyclic) bond motifs is 2. The molecular formula is C55H66Cl2N4O8. The van der Waals surface area contributed by atoms with E-state index >= 15 is 0 Å². The molecule has 368 valence electrons. The van der Waals surface area contributed by atoms with Crippen LogP contribution in [0, 0.1) is 0 Å². The number of benzene rings is 4. The lowest BCUT2D eigenvalue weighted by molar-refractivity contribution is -0.145. The standard InChI is InChI=1S/C29H34N2O5.C24H26N2O3.CH2Cl2.CH4/c1-5-6-27(33)35-19-20-7-10-22(11-8-20)25(18-31-28(34)36-29(2,3)4)26(32)16-21-9-12-24-17-30-14-13-23(24)15-21;1-2-3-24(28)29-16-17-4-7-19(8-5-17)22(14-25)23(27)13-18-6-9-21-15-26-11-10-20(21)12-18;2-1-3;/h7-15,17,25H,5-6,16,18-19H2,1-4H3,(H,31,34);4-12,15,22H,2-3,13-14,16,25H2,1H3;1H2;1H4. The molecule has 3 N–H and O–H groups in total. The van der Waals surface area contributed by atoms with E-state index in [4.69, 9.17) is 43.1 Å². The van der Waals surface area contributed by atoms with Gasteiger partial charge in [-0.15, -0.1) is 23.2 Å². The molecule has 0 aliphatic carbocycles. The molecule has 2 aromatic heterocycles. The molecule has 0 saturated carbocycles. The van der Waals surface area contributed by atoms with Gasteiger partial charge < -0.3 is 25.3 Å². The van der Waals surface area contributed by atoms with Crippen molar-refractivity contribution in [2.24, 2.45) is 5.73 Å². The van der Waals surface area contributed by atoms with Crippen molar-refractivity contribution in [3.05, 3.63) is 155 Å². The normalized spacial score (nSPS) is 11.6. The Bertz CT molecular complexity index is 2560. The fraction of sp³-hybridized carbons (Fsp3) is 0.364. The van der Waals surface area contributed by atoms with Gasteiger partial charge in [0.05, 0.1) is 17.2 Å². The summed E-state index contributed by atoms with van der Waals surface area (Å²) in [6.45, 7) is 10.0. The first-order valence-corrected chi connectivity index (χ1v) is 23.7. The van der Waals surface area contributed by atoms with Crippen molar-refractivity contribution in [1.29, 1.82) is 0 Å². The molecule has 6 aromatic rings. The number of Topliss-reactive ketones (excluding diaryl/α,β-unsaturated/α-hetero) is 2. The lowest BCUT2D eigenvalue weighted by atomic mass is 9.90. The van der Waals surface area contributed by atoms with E-state index in [9.17, 15) is 24.0 Å². The maximum Gasteiger partial charge on any atom is 0.407 e. The maximum atomic E-state index is 13.4. The second kappa shape index (κ2) is 29.6. The van der Waals surface area contributed by atoms with Gasteiger partial charge in [-0.2, -0.15) is 0 Å². The molecule has 0 saturated heterocycles. The summed E-state index contributed by atoms with van der Waals surface area (Å²) in [7, 11) is 0. The van der Waals surface area contributed by atoms with E-state index < -0.39 is 17.6 Å². The second-order valence-corrected chi connectivity index (χ2v) is 17.8. The monoisotopic (exact) mass is 980 g/mol. The van der Waals surface area contributed by atoms with Gasteiger partial charge in [0.25, 0.3) is 0 Å². The number of amides is 1. The SMILES string of the molecule is C.CCCC(=O)OCc1ccc(C(CN)C(=O)Cc2ccc3cnccc3c2)cc1.CCCC(=O)OCc1ccc(C(CNC(=O)OC(C)(C)C)C(=O)Cc2ccc3cnccc3c2)cc1.ClCCl. The number of alkyl carbamates (subject to hydrolysis) is 1. The van der Waals surface area contributed by atoms with Crippen LogP contribution in [0.1, 0.15) is 113 Å². The summed E-state index contributed by atoms with van der Waals surface area (Å²) in [4.78, 5) is 70.0. The fourth-order valence-electron chi connectivity index (χ4n) is 7.08. The van der Waals surface area contributed by atoms with Crippen LogP contribution >= 0.6 is 23.2 Å². The van der Waals surface area contributed by atoms with Gasteiger partial charge in [0.15, 0.2) is 0 Å². The molecule has 0 bridgehead atoms. The number of ether oxygens (including phenoxy) is 3. The van der Waals surface area contributed by atoms with Crippen molar-refractivity contribution in [3.63, 3.8) is 0 Å². The molecule has 14 heteroatoms. The molecule has 0 aliphatic heterocycles. The van der Waals surface area contributed by atoms with E-state index in [1.54, 1.807) is 39.4 Å². The summed E-state index contributed by atoms with van der Waals surface area (Å²) in [6.07, 6.45) is 9.36. The quantitative estimate of drug-likeness (QED) is 0.0448. The molecule has 6 rings (SSSR count). The zero-order chi connectivity index (χ0) is 49.5. The van der Waals surface area contributed by atoms with E-state index in [-0.39, 0.29) is 74.9 Å². The smallest absolute Gasteiger partial charge is 0.407 e. The number of hydrogen-bond acceptors (Lipinski definition) is 11. The average Bonchev–Trinajstić information content (AvgIpc) is 3.31. The van der Waals surface area contributed by atoms with Gasteiger partial charge in [0.1, 0.15) is 30.4 Å². The van der Waals surface area contributed by atoms with Crippen LogP contribution < -0.4 is 11.1 Å². The number of nitrogens with zero attached hydrogens (tertiary/aromatic N) is 2. The molecule has 2 unspecified atom stereocenters. The van der Waals surface area contributed by atoms with Gasteiger partial charge in [0.2, 0.25) is 0 Å². The van der Waals surface area contributed by atoms with E-state index in [1.165, 1.54) is 0 Å². The Kier molecular flexibility index (Phi) is 24.5. The third-order valence-corrected chi connectivity index (χ3v) is 10.5. The highest BCUT2D eigenvalue weighted by atomic mass is 35.5. The topological polar surface area (TPSA) is 177 Å². The van der Waals surface area contributed by atoms with E-state index in [2.05, 4.69) is 15.3 Å². The highest BCUT2D eigenvalue weighted by molar-refractivity contribution is 6.40. The summed E-state index contributed by atoms with van der Waals surface area (Å²) in [5, 5.41) is 7.08. The number of aromatic nitrogens is 2. The Labute approximate surface area is 416 Å². The van der Waals surface area contributed by atoms with Crippen LogP contribution in [-0.4, -0.2) is 63.6 Å². The minimum Gasteiger partial charge on any atom is -0.461 e. The van der Waals surface area contributed by atoms with Crippen LogP contribution in [0.15, 0.2) is 122 Å². The molecule has 0 aliphatic rings. The van der Waals surface area contributed by atoms with Gasteiger partial charge >= 0.3 is 18.0 Å². The second-order valence-electron chi connectivity index (χ2n) is 17.0. The van der Waals surface area contributed by atoms with Crippen LogP contribution in [0.2, 0.25) is 0 Å². The third-order valence-electron chi connectivity index (χ3n) is 10.5. The number of carbonyl (C=O) groups excluding carboxylic acids is 5. The zero-order valence-corrected chi connectivity index (χ0v) is 41.0. The average molecular weight is 982 g/mol. The first kappa shape index (κ1) is 57.1. The van der Waals surface area contributed by atoms with Gasteiger partial charge in [-0.25, -0.2) is 4.79 Å². The first-order valence-electron chi connectivity index (χ1n) is 22.6. The highest BCUT2D eigenvalue weighted by Crippen LogP contribution is 2.24. The van der Waals surface area contributed by atoms with Gasteiger partial charge in [-0.05, 0) is 89.9 Å².